The lowest BCUT2D eigenvalue weighted by molar-refractivity contribution is 0.00820. The minimum Gasteiger partial charge on any atom is -0.461 e. The fourth-order valence-electron chi connectivity index (χ4n) is 4.75. The van der Waals surface area contributed by atoms with E-state index in [0.717, 1.165) is 24.8 Å². The number of carbonyl (C=O) groups excluding carboxylic acids is 3. The van der Waals surface area contributed by atoms with E-state index in [1.807, 2.05) is 39.8 Å². The summed E-state index contributed by atoms with van der Waals surface area (Å²) in [5, 5.41) is 2.81. The summed E-state index contributed by atoms with van der Waals surface area (Å²) in [5.41, 5.74) is 1.75. The molecule has 0 unspecified atom stereocenters. The maximum atomic E-state index is 13.1. The molecule has 11 nitrogen and oxygen atoms in total. The first-order valence-corrected chi connectivity index (χ1v) is 13.9. The van der Waals surface area contributed by atoms with Gasteiger partial charge in [-0.05, 0) is 83.2 Å². The molecule has 1 saturated heterocycles. The SMILES string of the molecule is CCOC(=O)c1c(-c2ccc(C(=O)Nc3cc(CC)ccn3)cc2)nc([C@@H]2CCCCN2C(=O)OC(C)(C)C)n1N. The predicted molar refractivity (Wildman–Crippen MR) is 155 cm³/mol. The second-order valence-electron chi connectivity index (χ2n) is 10.9. The molecular weight excluding hydrogens is 524 g/mol. The van der Waals surface area contributed by atoms with Gasteiger partial charge in [-0.2, -0.15) is 0 Å². The molecule has 0 bridgehead atoms. The maximum absolute atomic E-state index is 13.1. The highest BCUT2D eigenvalue weighted by Gasteiger charge is 2.36. The predicted octanol–water partition coefficient (Wildman–Crippen LogP) is 5.11. The lowest BCUT2D eigenvalue weighted by Crippen LogP contribution is -2.43. The van der Waals surface area contributed by atoms with Gasteiger partial charge in [0.1, 0.15) is 17.1 Å². The topological polar surface area (TPSA) is 142 Å². The van der Waals surface area contributed by atoms with Crippen LogP contribution in [0.4, 0.5) is 10.6 Å². The first-order valence-electron chi connectivity index (χ1n) is 13.9. The van der Waals surface area contributed by atoms with Crippen LogP contribution in [0.25, 0.3) is 11.3 Å². The number of likely N-dealkylation sites (tertiary alicyclic amines) is 1. The molecule has 3 heterocycles. The number of benzene rings is 1. The van der Waals surface area contributed by atoms with Crippen molar-refractivity contribution in [3.8, 4) is 11.3 Å². The third kappa shape index (κ3) is 6.85. The molecule has 1 atom stereocenters. The third-order valence-electron chi connectivity index (χ3n) is 6.73. The smallest absolute Gasteiger partial charge is 0.410 e. The number of imidazole rings is 1. The molecule has 3 N–H and O–H groups in total. The number of hydrogen-bond acceptors (Lipinski definition) is 8. The van der Waals surface area contributed by atoms with Gasteiger partial charge in [0.25, 0.3) is 5.91 Å². The van der Waals surface area contributed by atoms with E-state index in [0.29, 0.717) is 41.4 Å². The second kappa shape index (κ2) is 12.4. The summed E-state index contributed by atoms with van der Waals surface area (Å²) in [5.74, 6) is 6.36. The number of nitrogens with one attached hydrogen (secondary N) is 1. The van der Waals surface area contributed by atoms with Crippen LogP contribution in [0.15, 0.2) is 42.6 Å². The minimum atomic E-state index is -0.665. The molecule has 4 rings (SSSR count). The number of aryl methyl sites for hydroxylation is 1. The molecular formula is C30H38N6O5. The van der Waals surface area contributed by atoms with Gasteiger partial charge in [0.15, 0.2) is 11.5 Å². The molecule has 41 heavy (non-hydrogen) atoms. The summed E-state index contributed by atoms with van der Waals surface area (Å²) >= 11 is 0. The number of anilines is 1. The Kier molecular flexibility index (Phi) is 8.95. The molecule has 0 aliphatic carbocycles. The van der Waals surface area contributed by atoms with Crippen LogP contribution in [-0.2, 0) is 15.9 Å². The number of aromatic nitrogens is 3. The van der Waals surface area contributed by atoms with Gasteiger partial charge in [-0.1, -0.05) is 19.1 Å². The van der Waals surface area contributed by atoms with Crippen LogP contribution in [0, 0.1) is 0 Å². The van der Waals surface area contributed by atoms with Crippen LogP contribution < -0.4 is 11.2 Å². The van der Waals surface area contributed by atoms with E-state index < -0.39 is 23.7 Å². The van der Waals surface area contributed by atoms with Gasteiger partial charge < -0.3 is 20.6 Å². The monoisotopic (exact) mass is 562 g/mol. The normalized spacial score (nSPS) is 15.3. The second-order valence-corrected chi connectivity index (χ2v) is 10.9. The van der Waals surface area contributed by atoms with Gasteiger partial charge in [0.05, 0.1) is 12.6 Å². The minimum absolute atomic E-state index is 0.0642. The Morgan fingerprint density at radius 1 is 1.10 bits per heavy atom. The Hall–Kier alpha value is -4.41. The van der Waals surface area contributed by atoms with Crippen molar-refractivity contribution in [3.05, 3.63) is 65.2 Å². The Labute approximate surface area is 240 Å². The van der Waals surface area contributed by atoms with E-state index in [1.54, 1.807) is 42.3 Å². The molecule has 3 aromatic rings. The molecule has 218 valence electrons. The highest BCUT2D eigenvalue weighted by Crippen LogP contribution is 2.35. The molecule has 0 radical (unpaired) electrons. The maximum Gasteiger partial charge on any atom is 0.410 e. The van der Waals surface area contributed by atoms with Crippen LogP contribution >= 0.6 is 0 Å². The van der Waals surface area contributed by atoms with E-state index in [2.05, 4.69) is 10.3 Å². The van der Waals surface area contributed by atoms with Crippen molar-refractivity contribution in [1.82, 2.24) is 19.5 Å². The summed E-state index contributed by atoms with van der Waals surface area (Å²) in [6.45, 7) is 9.81. The summed E-state index contributed by atoms with van der Waals surface area (Å²) in [6, 6.07) is 9.94. The number of hydrogen-bond donors (Lipinski definition) is 2. The number of nitrogen functional groups attached to an aromatic ring is 1. The molecule has 1 aromatic carbocycles. The van der Waals surface area contributed by atoms with Crippen LogP contribution in [-0.4, -0.2) is 56.3 Å². The molecule has 2 aromatic heterocycles. The van der Waals surface area contributed by atoms with Gasteiger partial charge >= 0.3 is 12.1 Å². The van der Waals surface area contributed by atoms with Gasteiger partial charge in [0, 0.05) is 23.9 Å². The quantitative estimate of drug-likeness (QED) is 0.299. The van der Waals surface area contributed by atoms with Crippen molar-refractivity contribution >= 4 is 23.8 Å². The Balaban J connectivity index is 1.66. The van der Waals surface area contributed by atoms with E-state index in [1.165, 1.54) is 4.68 Å². The lowest BCUT2D eigenvalue weighted by atomic mass is 10.0. The van der Waals surface area contributed by atoms with Gasteiger partial charge in [-0.3, -0.25) is 9.69 Å². The zero-order chi connectivity index (χ0) is 29.7. The van der Waals surface area contributed by atoms with Gasteiger partial charge in [-0.25, -0.2) is 24.2 Å². The summed E-state index contributed by atoms with van der Waals surface area (Å²) in [7, 11) is 0. The summed E-state index contributed by atoms with van der Waals surface area (Å²) < 4.78 is 12.2. The fourth-order valence-corrected chi connectivity index (χ4v) is 4.75. The number of rotatable bonds is 7. The molecule has 11 heteroatoms. The molecule has 0 spiro atoms. The number of amides is 2. The highest BCUT2D eigenvalue weighted by molar-refractivity contribution is 6.04. The van der Waals surface area contributed by atoms with E-state index in [9.17, 15) is 14.4 Å². The standard InChI is InChI=1S/C30H38N6O5/c1-6-19-15-16-32-23(18-19)33-27(37)21-13-11-20(12-14-21)24-25(28(38)40-7-2)36(31)26(34-24)22-10-8-9-17-35(22)29(39)41-30(3,4)5/h11-16,18,22H,6-10,17,31H2,1-5H3,(H,32,33,37)/t22-/m0/s1. The van der Waals surface area contributed by atoms with Gasteiger partial charge in [-0.15, -0.1) is 0 Å². The van der Waals surface area contributed by atoms with E-state index >= 15 is 0 Å². The Bertz CT molecular complexity index is 1410. The Morgan fingerprint density at radius 3 is 2.49 bits per heavy atom. The zero-order valence-electron chi connectivity index (χ0n) is 24.3. The lowest BCUT2D eigenvalue weighted by Gasteiger charge is -2.36. The Morgan fingerprint density at radius 2 is 1.83 bits per heavy atom. The number of pyridine rings is 1. The van der Waals surface area contributed by atoms with Gasteiger partial charge in [0.2, 0.25) is 0 Å². The first-order chi connectivity index (χ1) is 19.5. The number of ether oxygens (including phenoxy) is 2. The highest BCUT2D eigenvalue weighted by atomic mass is 16.6. The van der Waals surface area contributed by atoms with Crippen molar-refractivity contribution in [2.24, 2.45) is 0 Å². The molecule has 1 fully saturated rings. The number of nitrogens with zero attached hydrogens (tertiary/aromatic N) is 4. The van der Waals surface area contributed by atoms with E-state index in [4.69, 9.17) is 20.3 Å². The first kappa shape index (κ1) is 29.6. The zero-order valence-corrected chi connectivity index (χ0v) is 24.3. The number of carbonyl (C=O) groups is 3. The average molecular weight is 563 g/mol. The fraction of sp³-hybridized carbons (Fsp3) is 0.433. The van der Waals surface area contributed by atoms with Crippen LogP contribution in [0.3, 0.4) is 0 Å². The molecule has 1 aliphatic heterocycles. The molecule has 2 amide bonds. The van der Waals surface area contributed by atoms with Crippen molar-refractivity contribution in [2.45, 2.75) is 71.9 Å². The summed E-state index contributed by atoms with van der Waals surface area (Å²) in [6.07, 6.45) is 4.32. The number of piperidine rings is 1. The van der Waals surface area contributed by atoms with Crippen molar-refractivity contribution in [2.75, 3.05) is 24.3 Å². The average Bonchev–Trinajstić information content (AvgIpc) is 3.29. The van der Waals surface area contributed by atoms with Crippen LogP contribution in [0.2, 0.25) is 0 Å². The van der Waals surface area contributed by atoms with Crippen molar-refractivity contribution < 1.29 is 23.9 Å². The third-order valence-corrected chi connectivity index (χ3v) is 6.73. The number of nitrogens with two attached hydrogens (primary N) is 1. The van der Waals surface area contributed by atoms with Crippen LogP contribution in [0.5, 0.6) is 0 Å². The van der Waals surface area contributed by atoms with Crippen LogP contribution in [0.1, 0.15) is 92.2 Å². The summed E-state index contributed by atoms with van der Waals surface area (Å²) in [4.78, 5) is 49.6. The van der Waals surface area contributed by atoms with E-state index in [-0.39, 0.29) is 18.2 Å². The largest absolute Gasteiger partial charge is 0.461 e. The molecule has 1 aliphatic rings. The molecule has 0 saturated carbocycles. The number of esters is 1. The van der Waals surface area contributed by atoms with Crippen molar-refractivity contribution in [3.63, 3.8) is 0 Å². The van der Waals surface area contributed by atoms with Crippen molar-refractivity contribution in [1.29, 1.82) is 0 Å².